The smallest absolute Gasteiger partial charge is 0.154 e. The molecule has 0 amide bonds. The number of anilines is 1. The summed E-state index contributed by atoms with van der Waals surface area (Å²) in [5.74, 6) is 0.178. The van der Waals surface area contributed by atoms with Gasteiger partial charge in [-0.1, -0.05) is 6.07 Å². The summed E-state index contributed by atoms with van der Waals surface area (Å²) in [4.78, 5) is 0. The third-order valence-corrected chi connectivity index (χ3v) is 4.87. The predicted octanol–water partition coefficient (Wildman–Crippen LogP) is 2.54. The minimum absolute atomic E-state index is 0.178. The summed E-state index contributed by atoms with van der Waals surface area (Å²) >= 11 is 0. The Morgan fingerprint density at radius 1 is 1.12 bits per heavy atom. The van der Waals surface area contributed by atoms with Crippen LogP contribution in [-0.2, 0) is 9.84 Å². The molecule has 0 bridgehead atoms. The van der Waals surface area contributed by atoms with Crippen molar-refractivity contribution in [2.24, 2.45) is 0 Å². The van der Waals surface area contributed by atoms with Crippen LogP contribution < -0.4 is 5.32 Å². The van der Waals surface area contributed by atoms with Crippen LogP contribution in [0, 0.1) is 13.8 Å². The van der Waals surface area contributed by atoms with E-state index < -0.39 is 9.84 Å². The predicted molar refractivity (Wildman–Crippen MR) is 73.3 cm³/mol. The highest BCUT2D eigenvalue weighted by Gasteiger charge is 2.14. The summed E-state index contributed by atoms with van der Waals surface area (Å²) in [6, 6.07) is 6.14. The summed E-state index contributed by atoms with van der Waals surface area (Å²) in [6.45, 7) is 7.95. The van der Waals surface area contributed by atoms with Crippen LogP contribution in [0.1, 0.15) is 25.0 Å². The number of hydrogen-bond acceptors (Lipinski definition) is 3. The Morgan fingerprint density at radius 3 is 2.12 bits per heavy atom. The number of nitrogens with one attached hydrogen (secondary N) is 1. The minimum atomic E-state index is -2.95. The molecule has 0 spiro atoms. The Hall–Kier alpha value is -1.03. The maximum Gasteiger partial charge on any atom is 0.154 e. The Bertz CT molecular complexity index is 458. The zero-order chi connectivity index (χ0) is 13.1. The molecule has 0 saturated carbocycles. The van der Waals surface area contributed by atoms with E-state index >= 15 is 0 Å². The standard InChI is InChI=1S/C13H21NO2S/c1-10(2)17(15,16)6-5-14-13-8-11(3)7-12(4)9-13/h7-10,14H,5-6H2,1-4H3. The lowest BCUT2D eigenvalue weighted by Crippen LogP contribution is -2.22. The molecular formula is C13H21NO2S. The summed E-state index contributed by atoms with van der Waals surface area (Å²) in [5, 5.41) is 2.86. The minimum Gasteiger partial charge on any atom is -0.384 e. The van der Waals surface area contributed by atoms with Gasteiger partial charge in [-0.2, -0.15) is 0 Å². The lowest BCUT2D eigenvalue weighted by Gasteiger charge is -2.10. The summed E-state index contributed by atoms with van der Waals surface area (Å²) in [5.41, 5.74) is 3.35. The quantitative estimate of drug-likeness (QED) is 0.879. The molecule has 17 heavy (non-hydrogen) atoms. The second-order valence-electron chi connectivity index (χ2n) is 4.72. The highest BCUT2D eigenvalue weighted by atomic mass is 32.2. The van der Waals surface area contributed by atoms with Crippen LogP contribution in [0.3, 0.4) is 0 Å². The van der Waals surface area contributed by atoms with Gasteiger partial charge in [-0.3, -0.25) is 0 Å². The SMILES string of the molecule is Cc1cc(C)cc(NCCS(=O)(=O)C(C)C)c1. The molecule has 96 valence electrons. The highest BCUT2D eigenvalue weighted by Crippen LogP contribution is 2.13. The first kappa shape index (κ1) is 14.0. The Kier molecular flexibility index (Phi) is 4.57. The number of sulfone groups is 1. The highest BCUT2D eigenvalue weighted by molar-refractivity contribution is 7.92. The molecule has 4 heteroatoms. The molecule has 1 aromatic carbocycles. The first-order valence-corrected chi connectivity index (χ1v) is 7.56. The van der Waals surface area contributed by atoms with Crippen molar-refractivity contribution in [2.45, 2.75) is 32.9 Å². The van der Waals surface area contributed by atoms with E-state index in [1.54, 1.807) is 13.8 Å². The van der Waals surface area contributed by atoms with Crippen LogP contribution in [0.25, 0.3) is 0 Å². The van der Waals surface area contributed by atoms with Gasteiger partial charge < -0.3 is 5.32 Å². The molecule has 0 fully saturated rings. The Labute approximate surface area is 104 Å². The lowest BCUT2D eigenvalue weighted by atomic mass is 10.1. The van der Waals surface area contributed by atoms with E-state index in [1.807, 2.05) is 26.0 Å². The third kappa shape index (κ3) is 4.38. The molecule has 3 nitrogen and oxygen atoms in total. The fraction of sp³-hybridized carbons (Fsp3) is 0.538. The molecule has 0 saturated heterocycles. The molecule has 0 heterocycles. The largest absolute Gasteiger partial charge is 0.384 e. The van der Waals surface area contributed by atoms with Crippen molar-refractivity contribution in [3.8, 4) is 0 Å². The molecule has 1 N–H and O–H groups in total. The van der Waals surface area contributed by atoms with Crippen molar-refractivity contribution >= 4 is 15.5 Å². The molecule has 1 aromatic rings. The van der Waals surface area contributed by atoms with Crippen molar-refractivity contribution in [1.29, 1.82) is 0 Å². The summed E-state index contributed by atoms with van der Waals surface area (Å²) in [6.07, 6.45) is 0. The van der Waals surface area contributed by atoms with E-state index in [1.165, 1.54) is 11.1 Å². The third-order valence-electron chi connectivity index (χ3n) is 2.66. The zero-order valence-corrected chi connectivity index (χ0v) is 11.8. The van der Waals surface area contributed by atoms with Crippen LogP contribution >= 0.6 is 0 Å². The number of hydrogen-bond donors (Lipinski definition) is 1. The molecule has 0 aliphatic carbocycles. The van der Waals surface area contributed by atoms with Gasteiger partial charge in [-0.15, -0.1) is 0 Å². The van der Waals surface area contributed by atoms with Crippen molar-refractivity contribution in [3.63, 3.8) is 0 Å². The van der Waals surface area contributed by atoms with Crippen molar-refractivity contribution in [3.05, 3.63) is 29.3 Å². The zero-order valence-electron chi connectivity index (χ0n) is 10.9. The monoisotopic (exact) mass is 255 g/mol. The summed E-state index contributed by atoms with van der Waals surface area (Å²) < 4.78 is 23.2. The van der Waals surface area contributed by atoms with Gasteiger partial charge in [0.2, 0.25) is 0 Å². The molecule has 0 aromatic heterocycles. The van der Waals surface area contributed by atoms with Gasteiger partial charge in [0.1, 0.15) is 0 Å². The van der Waals surface area contributed by atoms with Gasteiger partial charge in [0, 0.05) is 12.2 Å². The Morgan fingerprint density at radius 2 is 1.65 bits per heavy atom. The van der Waals surface area contributed by atoms with E-state index in [0.29, 0.717) is 6.54 Å². The van der Waals surface area contributed by atoms with Crippen LogP contribution in [0.4, 0.5) is 5.69 Å². The molecule has 0 atom stereocenters. The maximum absolute atomic E-state index is 11.6. The molecule has 0 radical (unpaired) electrons. The molecule has 1 rings (SSSR count). The molecular weight excluding hydrogens is 234 g/mol. The van der Waals surface area contributed by atoms with E-state index in [9.17, 15) is 8.42 Å². The van der Waals surface area contributed by atoms with Gasteiger partial charge in [0.05, 0.1) is 11.0 Å². The van der Waals surface area contributed by atoms with Gasteiger partial charge >= 0.3 is 0 Å². The normalized spacial score (nSPS) is 11.8. The molecule has 0 aliphatic rings. The van der Waals surface area contributed by atoms with Crippen LogP contribution in [0.2, 0.25) is 0 Å². The average Bonchev–Trinajstić information content (AvgIpc) is 2.15. The van der Waals surface area contributed by atoms with E-state index in [2.05, 4.69) is 11.4 Å². The van der Waals surface area contributed by atoms with Crippen molar-refractivity contribution in [1.82, 2.24) is 0 Å². The van der Waals surface area contributed by atoms with Gasteiger partial charge in [0.15, 0.2) is 9.84 Å². The Balaban J connectivity index is 2.57. The topological polar surface area (TPSA) is 46.2 Å². The second kappa shape index (κ2) is 5.54. The van der Waals surface area contributed by atoms with Gasteiger partial charge in [0.25, 0.3) is 0 Å². The lowest BCUT2D eigenvalue weighted by molar-refractivity contribution is 0.588. The van der Waals surface area contributed by atoms with Crippen LogP contribution in [0.15, 0.2) is 18.2 Å². The second-order valence-corrected chi connectivity index (χ2v) is 7.40. The number of aryl methyl sites for hydroxylation is 2. The number of benzene rings is 1. The van der Waals surface area contributed by atoms with E-state index in [4.69, 9.17) is 0 Å². The molecule has 0 unspecified atom stereocenters. The van der Waals surface area contributed by atoms with Crippen LogP contribution in [-0.4, -0.2) is 26.0 Å². The van der Waals surface area contributed by atoms with E-state index in [0.717, 1.165) is 5.69 Å². The van der Waals surface area contributed by atoms with Crippen molar-refractivity contribution in [2.75, 3.05) is 17.6 Å². The first-order chi connectivity index (χ1) is 7.81. The summed E-state index contributed by atoms with van der Waals surface area (Å²) in [7, 11) is -2.95. The number of rotatable bonds is 5. The first-order valence-electron chi connectivity index (χ1n) is 5.85. The van der Waals surface area contributed by atoms with Gasteiger partial charge in [-0.25, -0.2) is 8.42 Å². The fourth-order valence-corrected chi connectivity index (χ4v) is 2.51. The van der Waals surface area contributed by atoms with E-state index in [-0.39, 0.29) is 11.0 Å². The van der Waals surface area contributed by atoms with Crippen molar-refractivity contribution < 1.29 is 8.42 Å². The fourth-order valence-electron chi connectivity index (χ4n) is 1.65. The average molecular weight is 255 g/mol. The molecule has 0 aliphatic heterocycles. The maximum atomic E-state index is 11.6. The van der Waals surface area contributed by atoms with Crippen LogP contribution in [0.5, 0.6) is 0 Å². The van der Waals surface area contributed by atoms with Gasteiger partial charge in [-0.05, 0) is 51.0 Å².